The molecule has 0 N–H and O–H groups in total. The van der Waals surface area contributed by atoms with Crippen LogP contribution in [-0.2, 0) is 6.61 Å². The number of ether oxygens (including phenoxy) is 1. The van der Waals surface area contributed by atoms with Crippen molar-refractivity contribution in [3.05, 3.63) is 81.0 Å². The SMILES string of the molecule is O=[N+]([O-])/C(Cl)=C/c1ccc(OCc2ccccc2)cc1. The molecule has 0 saturated heterocycles. The van der Waals surface area contributed by atoms with Crippen LogP contribution in [0.3, 0.4) is 0 Å². The van der Waals surface area contributed by atoms with E-state index in [4.69, 9.17) is 16.3 Å². The third kappa shape index (κ3) is 4.10. The van der Waals surface area contributed by atoms with Crippen molar-refractivity contribution in [3.8, 4) is 5.75 Å². The predicted octanol–water partition coefficient (Wildman–Crippen LogP) is 4.08. The van der Waals surface area contributed by atoms with Gasteiger partial charge in [0.05, 0.1) is 4.92 Å². The third-order valence-corrected chi connectivity index (χ3v) is 2.84. The summed E-state index contributed by atoms with van der Waals surface area (Å²) in [5.41, 5.74) is 1.73. The fraction of sp³-hybridized carbons (Fsp3) is 0.0667. The number of nitrogens with zero attached hydrogens (tertiary/aromatic N) is 1. The largest absolute Gasteiger partial charge is 0.489 e. The van der Waals surface area contributed by atoms with Gasteiger partial charge in [0.25, 0.3) is 0 Å². The second-order valence-electron chi connectivity index (χ2n) is 4.07. The number of rotatable bonds is 5. The van der Waals surface area contributed by atoms with Crippen molar-refractivity contribution in [2.24, 2.45) is 0 Å². The average molecular weight is 290 g/mol. The van der Waals surface area contributed by atoms with Crippen molar-refractivity contribution in [2.45, 2.75) is 6.61 Å². The molecule has 0 atom stereocenters. The lowest BCUT2D eigenvalue weighted by atomic mass is 10.2. The fourth-order valence-electron chi connectivity index (χ4n) is 1.59. The molecule has 2 aromatic rings. The van der Waals surface area contributed by atoms with E-state index in [0.29, 0.717) is 17.9 Å². The van der Waals surface area contributed by atoms with E-state index in [1.54, 1.807) is 24.3 Å². The van der Waals surface area contributed by atoms with Gasteiger partial charge in [0.2, 0.25) is 0 Å². The molecule has 102 valence electrons. The summed E-state index contributed by atoms with van der Waals surface area (Å²) in [6.45, 7) is 0.478. The summed E-state index contributed by atoms with van der Waals surface area (Å²) in [5, 5.41) is 10.00. The Bertz CT molecular complexity index is 609. The van der Waals surface area contributed by atoms with Crippen LogP contribution in [0.1, 0.15) is 11.1 Å². The maximum atomic E-state index is 10.4. The molecule has 0 heterocycles. The molecule has 0 saturated carbocycles. The van der Waals surface area contributed by atoms with E-state index >= 15 is 0 Å². The van der Waals surface area contributed by atoms with Crippen LogP contribution in [0.15, 0.2) is 59.8 Å². The fourth-order valence-corrected chi connectivity index (χ4v) is 1.72. The van der Waals surface area contributed by atoms with Crippen LogP contribution in [0.4, 0.5) is 0 Å². The molecule has 20 heavy (non-hydrogen) atoms. The van der Waals surface area contributed by atoms with Crippen LogP contribution in [0, 0.1) is 10.1 Å². The number of nitro groups is 1. The van der Waals surface area contributed by atoms with Gasteiger partial charge in [-0.25, -0.2) is 0 Å². The maximum Gasteiger partial charge on any atom is 0.337 e. The summed E-state index contributed by atoms with van der Waals surface area (Å²) < 4.78 is 5.61. The molecule has 0 bridgehead atoms. The quantitative estimate of drug-likeness (QED) is 0.473. The monoisotopic (exact) mass is 289 g/mol. The molecule has 2 rings (SSSR count). The molecule has 0 spiro atoms. The number of hydrogen-bond acceptors (Lipinski definition) is 3. The molecule has 0 aromatic heterocycles. The summed E-state index contributed by atoms with van der Waals surface area (Å²) in [5.74, 6) is 0.697. The standard InChI is InChI=1S/C15H12ClNO3/c16-15(17(18)19)10-12-6-8-14(9-7-12)20-11-13-4-2-1-3-5-13/h1-10H,11H2/b15-10+. The van der Waals surface area contributed by atoms with Crippen molar-refractivity contribution in [2.75, 3.05) is 0 Å². The highest BCUT2D eigenvalue weighted by Gasteiger charge is 2.05. The van der Waals surface area contributed by atoms with Crippen LogP contribution >= 0.6 is 11.6 Å². The molecular formula is C15H12ClNO3. The van der Waals surface area contributed by atoms with Gasteiger partial charge in [0.15, 0.2) is 0 Å². The first-order valence-corrected chi connectivity index (χ1v) is 6.31. The highest BCUT2D eigenvalue weighted by Crippen LogP contribution is 2.17. The Labute approximate surface area is 121 Å². The number of benzene rings is 2. The minimum atomic E-state index is -0.638. The maximum absolute atomic E-state index is 10.4. The van der Waals surface area contributed by atoms with Crippen LogP contribution < -0.4 is 4.74 Å². The zero-order chi connectivity index (χ0) is 14.4. The Morgan fingerprint density at radius 1 is 1.15 bits per heavy atom. The molecule has 0 unspecified atom stereocenters. The molecule has 4 nitrogen and oxygen atoms in total. The second-order valence-corrected chi connectivity index (χ2v) is 4.45. The lowest BCUT2D eigenvalue weighted by Crippen LogP contribution is -1.95. The normalized spacial score (nSPS) is 11.2. The Hall–Kier alpha value is -2.33. The molecule has 0 aliphatic heterocycles. The lowest BCUT2D eigenvalue weighted by molar-refractivity contribution is -0.410. The zero-order valence-electron chi connectivity index (χ0n) is 10.5. The van der Waals surface area contributed by atoms with Gasteiger partial charge in [-0.3, -0.25) is 10.1 Å². The smallest absolute Gasteiger partial charge is 0.337 e. The first kappa shape index (κ1) is 14.1. The first-order valence-electron chi connectivity index (χ1n) is 5.93. The molecule has 0 radical (unpaired) electrons. The summed E-state index contributed by atoms with van der Waals surface area (Å²) in [4.78, 5) is 9.77. The number of hydrogen-bond donors (Lipinski definition) is 0. The van der Waals surface area contributed by atoms with Gasteiger partial charge in [-0.2, -0.15) is 0 Å². The van der Waals surface area contributed by atoms with Crippen LogP contribution in [-0.4, -0.2) is 4.92 Å². The van der Waals surface area contributed by atoms with Crippen molar-refractivity contribution in [1.82, 2.24) is 0 Å². The van der Waals surface area contributed by atoms with Crippen LogP contribution in [0.2, 0.25) is 0 Å². The molecule has 0 fully saturated rings. The molecule has 2 aromatic carbocycles. The van der Waals surface area contributed by atoms with E-state index < -0.39 is 10.1 Å². The topological polar surface area (TPSA) is 52.4 Å². The van der Waals surface area contributed by atoms with Gasteiger partial charge >= 0.3 is 5.16 Å². The zero-order valence-corrected chi connectivity index (χ0v) is 11.3. The Morgan fingerprint density at radius 2 is 1.80 bits per heavy atom. The average Bonchev–Trinajstić information content (AvgIpc) is 2.47. The van der Waals surface area contributed by atoms with Crippen molar-refractivity contribution < 1.29 is 9.66 Å². The Morgan fingerprint density at radius 3 is 2.40 bits per heavy atom. The highest BCUT2D eigenvalue weighted by molar-refractivity contribution is 6.29. The summed E-state index contributed by atoms with van der Waals surface area (Å²) in [6.07, 6.45) is 1.29. The third-order valence-electron chi connectivity index (χ3n) is 2.59. The molecular weight excluding hydrogens is 278 g/mol. The lowest BCUT2D eigenvalue weighted by Gasteiger charge is -2.06. The van der Waals surface area contributed by atoms with E-state index in [2.05, 4.69) is 0 Å². The van der Waals surface area contributed by atoms with E-state index in [0.717, 1.165) is 5.56 Å². The minimum Gasteiger partial charge on any atom is -0.489 e. The summed E-state index contributed by atoms with van der Waals surface area (Å²) in [7, 11) is 0. The van der Waals surface area contributed by atoms with Crippen molar-refractivity contribution in [1.29, 1.82) is 0 Å². The summed E-state index contributed by atoms with van der Waals surface area (Å²) in [6, 6.07) is 16.7. The molecule has 0 aliphatic rings. The summed E-state index contributed by atoms with van der Waals surface area (Å²) >= 11 is 5.46. The van der Waals surface area contributed by atoms with Gasteiger partial charge < -0.3 is 4.74 Å². The van der Waals surface area contributed by atoms with E-state index in [9.17, 15) is 10.1 Å². The number of halogens is 1. The first-order chi connectivity index (χ1) is 9.65. The van der Waals surface area contributed by atoms with E-state index in [1.165, 1.54) is 6.08 Å². The van der Waals surface area contributed by atoms with Crippen molar-refractivity contribution >= 4 is 17.7 Å². The minimum absolute atomic E-state index is 0.414. The van der Waals surface area contributed by atoms with Crippen LogP contribution in [0.25, 0.3) is 6.08 Å². The van der Waals surface area contributed by atoms with E-state index in [-0.39, 0.29) is 0 Å². The van der Waals surface area contributed by atoms with Crippen LogP contribution in [0.5, 0.6) is 5.75 Å². The Balaban J connectivity index is 1.98. The molecule has 0 amide bonds. The molecule has 5 heteroatoms. The van der Waals surface area contributed by atoms with Crippen molar-refractivity contribution in [3.63, 3.8) is 0 Å². The second kappa shape index (κ2) is 6.73. The predicted molar refractivity (Wildman–Crippen MR) is 78.0 cm³/mol. The highest BCUT2D eigenvalue weighted by atomic mass is 35.5. The van der Waals surface area contributed by atoms with E-state index in [1.807, 2.05) is 30.3 Å². The van der Waals surface area contributed by atoms with Gasteiger partial charge in [-0.05, 0) is 34.9 Å². The Kier molecular flexibility index (Phi) is 4.74. The van der Waals surface area contributed by atoms with Gasteiger partial charge in [0, 0.05) is 6.08 Å². The molecule has 0 aliphatic carbocycles. The van der Waals surface area contributed by atoms with Gasteiger partial charge in [-0.15, -0.1) is 0 Å². The van der Waals surface area contributed by atoms with Gasteiger partial charge in [-0.1, -0.05) is 42.5 Å². The van der Waals surface area contributed by atoms with Gasteiger partial charge in [0.1, 0.15) is 12.4 Å².